The monoisotopic (exact) mass is 320 g/mol. The summed E-state index contributed by atoms with van der Waals surface area (Å²) < 4.78 is 38.1. The van der Waals surface area contributed by atoms with Crippen molar-refractivity contribution in [3.05, 3.63) is 34.3 Å². The van der Waals surface area contributed by atoms with Gasteiger partial charge in [-0.05, 0) is 50.2 Å². The third kappa shape index (κ3) is 4.87. The summed E-state index contributed by atoms with van der Waals surface area (Å²) in [5.74, 6) is 0. The molecule has 1 saturated heterocycles. The van der Waals surface area contributed by atoms with Gasteiger partial charge in [0.2, 0.25) is 0 Å². The molecule has 0 saturated carbocycles. The Balaban J connectivity index is 1.88. The Labute approximate surface area is 128 Å². The van der Waals surface area contributed by atoms with Crippen LogP contribution in [-0.4, -0.2) is 49.6 Å². The van der Waals surface area contributed by atoms with E-state index in [1.165, 1.54) is 12.1 Å². The van der Waals surface area contributed by atoms with Crippen LogP contribution in [0.5, 0.6) is 0 Å². The molecule has 1 aliphatic rings. The largest absolute Gasteiger partial charge is 0.416 e. The summed E-state index contributed by atoms with van der Waals surface area (Å²) in [6, 6.07) is 3.55. The predicted octanol–water partition coefficient (Wildman–Crippen LogP) is 3.54. The maximum Gasteiger partial charge on any atom is 0.416 e. The van der Waals surface area contributed by atoms with Crippen molar-refractivity contribution in [2.75, 3.05) is 39.8 Å². The zero-order valence-corrected chi connectivity index (χ0v) is 12.8. The highest BCUT2D eigenvalue weighted by molar-refractivity contribution is 6.31. The normalized spacial score (nSPS) is 18.1. The molecular formula is C15H20ClF3N2. The fraction of sp³-hybridized carbons (Fsp3) is 0.600. The van der Waals surface area contributed by atoms with Crippen LogP contribution in [0.2, 0.25) is 5.02 Å². The Kier molecular flexibility index (Phi) is 5.52. The van der Waals surface area contributed by atoms with Gasteiger partial charge in [0.25, 0.3) is 0 Å². The van der Waals surface area contributed by atoms with Crippen molar-refractivity contribution in [1.29, 1.82) is 0 Å². The number of aryl methyl sites for hydroxylation is 1. The molecule has 2 rings (SSSR count). The van der Waals surface area contributed by atoms with Gasteiger partial charge in [-0.2, -0.15) is 13.2 Å². The summed E-state index contributed by atoms with van der Waals surface area (Å²) in [5.41, 5.74) is -0.0397. The number of likely N-dealkylation sites (N-methyl/N-ethyl adjacent to an activating group) is 1. The molecule has 1 aromatic carbocycles. The first kappa shape index (κ1) is 16.6. The summed E-state index contributed by atoms with van der Waals surface area (Å²) in [7, 11) is 2.10. The first-order valence-electron chi connectivity index (χ1n) is 7.13. The molecule has 2 nitrogen and oxygen atoms in total. The van der Waals surface area contributed by atoms with Gasteiger partial charge < -0.3 is 9.80 Å². The summed E-state index contributed by atoms with van der Waals surface area (Å²) in [5, 5.41) is 0.418. The highest BCUT2D eigenvalue weighted by Gasteiger charge is 2.30. The van der Waals surface area contributed by atoms with Gasteiger partial charge in [0, 0.05) is 31.2 Å². The van der Waals surface area contributed by atoms with E-state index in [1.54, 1.807) is 0 Å². The van der Waals surface area contributed by atoms with Crippen molar-refractivity contribution >= 4 is 11.6 Å². The minimum Gasteiger partial charge on any atom is -0.304 e. The average Bonchev–Trinajstić information content (AvgIpc) is 2.42. The van der Waals surface area contributed by atoms with Crippen LogP contribution in [0.3, 0.4) is 0 Å². The summed E-state index contributed by atoms with van der Waals surface area (Å²) in [6.07, 6.45) is -2.91. The number of piperazine rings is 1. The zero-order chi connectivity index (χ0) is 15.5. The van der Waals surface area contributed by atoms with Gasteiger partial charge in [-0.15, -0.1) is 0 Å². The van der Waals surface area contributed by atoms with E-state index in [-0.39, 0.29) is 0 Å². The van der Waals surface area contributed by atoms with Gasteiger partial charge in [0.15, 0.2) is 0 Å². The van der Waals surface area contributed by atoms with Crippen molar-refractivity contribution in [1.82, 2.24) is 9.80 Å². The lowest BCUT2D eigenvalue weighted by molar-refractivity contribution is -0.137. The van der Waals surface area contributed by atoms with Crippen molar-refractivity contribution in [3.63, 3.8) is 0 Å². The number of alkyl halides is 3. The Bertz CT molecular complexity index is 468. The van der Waals surface area contributed by atoms with Crippen LogP contribution >= 0.6 is 11.6 Å². The van der Waals surface area contributed by atoms with Crippen molar-refractivity contribution in [2.24, 2.45) is 0 Å². The molecule has 0 aromatic heterocycles. The fourth-order valence-electron chi connectivity index (χ4n) is 2.51. The van der Waals surface area contributed by atoms with Crippen molar-refractivity contribution < 1.29 is 13.2 Å². The molecule has 0 radical (unpaired) electrons. The standard InChI is InChI=1S/C15H20ClF3N2/c1-20-7-9-21(10-8-20)6-2-3-12-11-13(15(17,18)19)4-5-14(12)16/h4-5,11H,2-3,6-10H2,1H3. The van der Waals surface area contributed by atoms with Gasteiger partial charge in [-0.25, -0.2) is 0 Å². The minimum atomic E-state index is -4.31. The Morgan fingerprint density at radius 2 is 1.81 bits per heavy atom. The second-order valence-corrected chi connectivity index (χ2v) is 5.96. The van der Waals surface area contributed by atoms with Crippen LogP contribution in [0.4, 0.5) is 13.2 Å². The maximum atomic E-state index is 12.7. The molecule has 0 atom stereocenters. The average molecular weight is 321 g/mol. The molecular weight excluding hydrogens is 301 g/mol. The van der Waals surface area contributed by atoms with Crippen LogP contribution in [0.25, 0.3) is 0 Å². The van der Waals surface area contributed by atoms with Gasteiger partial charge in [-0.3, -0.25) is 0 Å². The summed E-state index contributed by atoms with van der Waals surface area (Å²) in [4.78, 5) is 4.63. The van der Waals surface area contributed by atoms with E-state index >= 15 is 0 Å². The van der Waals surface area contributed by atoms with E-state index in [1.807, 2.05) is 0 Å². The van der Waals surface area contributed by atoms with E-state index in [9.17, 15) is 13.2 Å². The van der Waals surface area contributed by atoms with Crippen molar-refractivity contribution in [2.45, 2.75) is 19.0 Å². The van der Waals surface area contributed by atoms with E-state index in [4.69, 9.17) is 11.6 Å². The number of benzene rings is 1. The topological polar surface area (TPSA) is 6.48 Å². The Hall–Kier alpha value is -0.780. The third-order valence-corrected chi connectivity index (χ3v) is 4.26. The van der Waals surface area contributed by atoms with Crippen LogP contribution < -0.4 is 0 Å². The quantitative estimate of drug-likeness (QED) is 0.837. The molecule has 0 unspecified atom stereocenters. The fourth-order valence-corrected chi connectivity index (χ4v) is 2.72. The minimum absolute atomic E-state index is 0.418. The molecule has 0 bridgehead atoms. The van der Waals surface area contributed by atoms with E-state index in [0.717, 1.165) is 45.2 Å². The van der Waals surface area contributed by atoms with E-state index < -0.39 is 11.7 Å². The summed E-state index contributed by atoms with van der Waals surface area (Å²) >= 11 is 6.00. The van der Waals surface area contributed by atoms with Gasteiger partial charge in [0.05, 0.1) is 5.56 Å². The molecule has 0 N–H and O–H groups in total. The Morgan fingerprint density at radius 1 is 1.14 bits per heavy atom. The molecule has 118 valence electrons. The van der Waals surface area contributed by atoms with E-state index in [0.29, 0.717) is 17.0 Å². The molecule has 0 spiro atoms. The van der Waals surface area contributed by atoms with Gasteiger partial charge in [0.1, 0.15) is 0 Å². The first-order valence-corrected chi connectivity index (χ1v) is 7.50. The number of nitrogens with zero attached hydrogens (tertiary/aromatic N) is 2. The molecule has 0 aliphatic carbocycles. The predicted molar refractivity (Wildman–Crippen MR) is 78.7 cm³/mol. The lowest BCUT2D eigenvalue weighted by Gasteiger charge is -2.32. The second-order valence-electron chi connectivity index (χ2n) is 5.55. The van der Waals surface area contributed by atoms with Crippen LogP contribution in [-0.2, 0) is 12.6 Å². The van der Waals surface area contributed by atoms with Crippen LogP contribution in [0.1, 0.15) is 17.5 Å². The molecule has 1 aliphatic heterocycles. The van der Waals surface area contributed by atoms with Crippen LogP contribution in [0, 0.1) is 0 Å². The number of hydrogen-bond acceptors (Lipinski definition) is 2. The van der Waals surface area contributed by atoms with E-state index in [2.05, 4.69) is 16.8 Å². The zero-order valence-electron chi connectivity index (χ0n) is 12.1. The summed E-state index contributed by atoms with van der Waals surface area (Å²) in [6.45, 7) is 5.04. The SMILES string of the molecule is CN1CCN(CCCc2cc(C(F)(F)F)ccc2Cl)CC1. The third-order valence-electron chi connectivity index (χ3n) is 3.89. The van der Waals surface area contributed by atoms with Gasteiger partial charge in [-0.1, -0.05) is 11.6 Å². The highest BCUT2D eigenvalue weighted by Crippen LogP contribution is 2.32. The van der Waals surface area contributed by atoms with Crippen LogP contribution in [0.15, 0.2) is 18.2 Å². The molecule has 6 heteroatoms. The molecule has 0 amide bonds. The number of rotatable bonds is 4. The first-order chi connectivity index (χ1) is 9.86. The molecule has 1 heterocycles. The molecule has 1 aromatic rings. The number of hydrogen-bond donors (Lipinski definition) is 0. The molecule has 21 heavy (non-hydrogen) atoms. The lowest BCUT2D eigenvalue weighted by atomic mass is 10.1. The second kappa shape index (κ2) is 6.99. The lowest BCUT2D eigenvalue weighted by Crippen LogP contribution is -2.44. The van der Waals surface area contributed by atoms with Gasteiger partial charge >= 0.3 is 6.18 Å². The maximum absolute atomic E-state index is 12.7. The molecule has 1 fully saturated rings. The smallest absolute Gasteiger partial charge is 0.304 e. The van der Waals surface area contributed by atoms with Crippen molar-refractivity contribution in [3.8, 4) is 0 Å². The highest BCUT2D eigenvalue weighted by atomic mass is 35.5. The number of halogens is 4. The Morgan fingerprint density at radius 3 is 2.43 bits per heavy atom.